The van der Waals surface area contributed by atoms with Crippen molar-refractivity contribution in [1.82, 2.24) is 4.90 Å². The Morgan fingerprint density at radius 3 is 3.19 bits per heavy atom. The van der Waals surface area contributed by atoms with Crippen molar-refractivity contribution in [2.45, 2.75) is 38.6 Å². The van der Waals surface area contributed by atoms with Crippen molar-refractivity contribution in [1.29, 1.82) is 0 Å². The van der Waals surface area contributed by atoms with E-state index in [-0.39, 0.29) is 11.8 Å². The lowest BCUT2D eigenvalue weighted by Gasteiger charge is -2.34. The van der Waals surface area contributed by atoms with E-state index < -0.39 is 13.3 Å². The SMILES string of the molecule is [2H]C([2H])([2H])C([2H])([2H])N(CCc1cccs1)[C@H]1CCc2c(O)cccc2C1. The predicted molar refractivity (Wildman–Crippen MR) is 89.2 cm³/mol. The molecule has 2 nitrogen and oxygen atoms in total. The number of benzene rings is 1. The van der Waals surface area contributed by atoms with Crippen molar-refractivity contribution < 1.29 is 12.0 Å². The second-order valence-electron chi connectivity index (χ2n) is 5.45. The van der Waals surface area contributed by atoms with Gasteiger partial charge in [0.05, 0.1) is 0 Å². The largest absolute Gasteiger partial charge is 0.508 e. The van der Waals surface area contributed by atoms with Gasteiger partial charge in [-0.25, -0.2) is 0 Å². The molecule has 112 valence electrons. The summed E-state index contributed by atoms with van der Waals surface area (Å²) in [7, 11) is 0. The summed E-state index contributed by atoms with van der Waals surface area (Å²) in [4.78, 5) is 2.64. The topological polar surface area (TPSA) is 23.5 Å². The van der Waals surface area contributed by atoms with E-state index in [1.807, 2.05) is 23.6 Å². The molecule has 3 rings (SSSR count). The molecule has 1 aliphatic carbocycles. The molecular weight excluding hydrogens is 278 g/mol. The highest BCUT2D eigenvalue weighted by molar-refractivity contribution is 7.09. The van der Waals surface area contributed by atoms with E-state index in [1.54, 1.807) is 23.5 Å². The number of hydrogen-bond acceptors (Lipinski definition) is 3. The molecule has 1 heterocycles. The van der Waals surface area contributed by atoms with Gasteiger partial charge in [0.15, 0.2) is 0 Å². The molecule has 0 aliphatic heterocycles. The molecule has 1 N–H and O–H groups in total. The van der Waals surface area contributed by atoms with Crippen LogP contribution < -0.4 is 0 Å². The Bertz CT molecular complexity index is 745. The third kappa shape index (κ3) is 3.30. The molecule has 1 aromatic carbocycles. The number of phenolic OH excluding ortho intramolecular Hbond substituents is 1. The number of rotatable bonds is 5. The Labute approximate surface area is 138 Å². The smallest absolute Gasteiger partial charge is 0.119 e. The van der Waals surface area contributed by atoms with Gasteiger partial charge >= 0.3 is 0 Å². The first-order valence-electron chi connectivity index (χ1n) is 9.79. The molecule has 1 aromatic heterocycles. The van der Waals surface area contributed by atoms with Crippen molar-refractivity contribution in [2.24, 2.45) is 0 Å². The van der Waals surface area contributed by atoms with Crippen LogP contribution in [-0.2, 0) is 19.3 Å². The number of thiophene rings is 1. The summed E-state index contributed by atoms with van der Waals surface area (Å²) in [6, 6.07) is 9.11. The van der Waals surface area contributed by atoms with Gasteiger partial charge in [0.2, 0.25) is 0 Å². The number of nitrogens with zero attached hydrogens (tertiary/aromatic N) is 1. The molecule has 1 atom stereocenters. The van der Waals surface area contributed by atoms with Gasteiger partial charge in [0.1, 0.15) is 5.75 Å². The molecule has 0 bridgehead atoms. The molecule has 3 heteroatoms. The fourth-order valence-electron chi connectivity index (χ4n) is 3.05. The van der Waals surface area contributed by atoms with Gasteiger partial charge in [-0.1, -0.05) is 25.1 Å². The summed E-state index contributed by atoms with van der Waals surface area (Å²) in [6.07, 6.45) is 2.42. The number of phenols is 1. The number of aromatic hydroxyl groups is 1. The molecule has 0 saturated heterocycles. The molecule has 0 amide bonds. The summed E-state index contributed by atoms with van der Waals surface area (Å²) in [5.74, 6) is 0.268. The van der Waals surface area contributed by atoms with Crippen molar-refractivity contribution in [3.05, 3.63) is 51.7 Å². The lowest BCUT2D eigenvalue weighted by molar-refractivity contribution is 0.191. The summed E-state index contributed by atoms with van der Waals surface area (Å²) < 4.78 is 39.7. The minimum atomic E-state index is -2.72. The average Bonchev–Trinajstić information content (AvgIpc) is 3.07. The van der Waals surface area contributed by atoms with E-state index in [4.69, 9.17) is 6.85 Å². The van der Waals surface area contributed by atoms with Gasteiger partial charge in [-0.05, 0) is 60.8 Å². The maximum atomic E-state index is 10.0. The quantitative estimate of drug-likeness (QED) is 0.906. The molecule has 0 spiro atoms. The average molecular weight is 306 g/mol. The summed E-state index contributed by atoms with van der Waals surface area (Å²) in [5.41, 5.74) is 1.88. The molecule has 1 aliphatic rings. The lowest BCUT2D eigenvalue weighted by atomic mass is 9.87. The summed E-state index contributed by atoms with van der Waals surface area (Å²) in [5, 5.41) is 12.0. The van der Waals surface area contributed by atoms with Gasteiger partial charge in [0, 0.05) is 24.3 Å². The highest BCUT2D eigenvalue weighted by atomic mass is 32.1. The van der Waals surface area contributed by atoms with Crippen LogP contribution in [0.15, 0.2) is 35.7 Å². The third-order valence-electron chi connectivity index (χ3n) is 4.19. The van der Waals surface area contributed by atoms with Crippen molar-refractivity contribution in [2.75, 3.05) is 13.0 Å². The van der Waals surface area contributed by atoms with Crippen LogP contribution in [0.4, 0.5) is 0 Å². The second kappa shape index (κ2) is 6.63. The van der Waals surface area contributed by atoms with Gasteiger partial charge in [-0.3, -0.25) is 4.90 Å². The molecule has 0 saturated carbocycles. The Kier molecular flexibility index (Phi) is 3.05. The second-order valence-corrected chi connectivity index (χ2v) is 6.48. The van der Waals surface area contributed by atoms with Crippen LogP contribution in [0.1, 0.15) is 36.1 Å². The summed E-state index contributed by atoms with van der Waals surface area (Å²) >= 11 is 1.60. The zero-order chi connectivity index (χ0) is 18.9. The van der Waals surface area contributed by atoms with E-state index >= 15 is 0 Å². The van der Waals surface area contributed by atoms with E-state index in [0.29, 0.717) is 32.2 Å². The zero-order valence-corrected chi connectivity index (χ0v) is 12.7. The van der Waals surface area contributed by atoms with E-state index in [9.17, 15) is 5.11 Å². The van der Waals surface area contributed by atoms with Crippen LogP contribution in [-0.4, -0.2) is 29.1 Å². The van der Waals surface area contributed by atoms with E-state index in [0.717, 1.165) is 16.0 Å². The number of likely N-dealkylation sites (N-methyl/N-ethyl adjacent to an activating group) is 1. The lowest BCUT2D eigenvalue weighted by Crippen LogP contribution is -2.40. The fourth-order valence-corrected chi connectivity index (χ4v) is 3.75. The van der Waals surface area contributed by atoms with Gasteiger partial charge in [0.25, 0.3) is 0 Å². The highest BCUT2D eigenvalue weighted by Crippen LogP contribution is 2.30. The molecule has 0 fully saturated rings. The maximum absolute atomic E-state index is 10.0. The van der Waals surface area contributed by atoms with Gasteiger partial charge in [-0.15, -0.1) is 11.3 Å². The first kappa shape index (κ1) is 9.65. The number of hydrogen-bond donors (Lipinski definition) is 1. The summed E-state index contributed by atoms with van der Waals surface area (Å²) in [6.45, 7) is -4.77. The molecule has 21 heavy (non-hydrogen) atoms. The third-order valence-corrected chi connectivity index (χ3v) is 5.13. The number of fused-ring (bicyclic) bond motifs is 1. The van der Waals surface area contributed by atoms with Crippen molar-refractivity contribution in [3.63, 3.8) is 0 Å². The minimum Gasteiger partial charge on any atom is -0.508 e. The van der Waals surface area contributed by atoms with Gasteiger partial charge in [-0.2, -0.15) is 0 Å². The predicted octanol–water partition coefficient (Wildman–Crippen LogP) is 3.88. The standard InChI is InChI=1S/C18H23NOS/c1-2-19(11-10-16-6-4-12-21-16)15-8-9-17-14(13-15)5-3-7-18(17)20/h3-7,12,15,20H,2,8-11,13H2,1H3/t15-/m0/s1/i1D3,2D2. The first-order chi connectivity index (χ1) is 12.2. The van der Waals surface area contributed by atoms with Crippen LogP contribution in [0, 0.1) is 0 Å². The van der Waals surface area contributed by atoms with Crippen LogP contribution >= 0.6 is 11.3 Å². The Hall–Kier alpha value is -1.32. The Morgan fingerprint density at radius 1 is 1.43 bits per heavy atom. The normalized spacial score (nSPS) is 22.7. The van der Waals surface area contributed by atoms with Crippen LogP contribution in [0.25, 0.3) is 0 Å². The van der Waals surface area contributed by atoms with Crippen molar-refractivity contribution in [3.8, 4) is 5.75 Å². The monoisotopic (exact) mass is 306 g/mol. The van der Waals surface area contributed by atoms with Gasteiger partial charge < -0.3 is 5.11 Å². The van der Waals surface area contributed by atoms with Crippen molar-refractivity contribution >= 4 is 11.3 Å². The van der Waals surface area contributed by atoms with Crippen LogP contribution in [0.2, 0.25) is 0 Å². The van der Waals surface area contributed by atoms with Crippen LogP contribution in [0.3, 0.4) is 0 Å². The molecule has 2 aromatic rings. The highest BCUT2D eigenvalue weighted by Gasteiger charge is 2.24. The Morgan fingerprint density at radius 2 is 2.38 bits per heavy atom. The molecule has 0 radical (unpaired) electrons. The fraction of sp³-hybridized carbons (Fsp3) is 0.444. The minimum absolute atomic E-state index is 0.209. The maximum Gasteiger partial charge on any atom is 0.119 e. The van der Waals surface area contributed by atoms with Crippen LogP contribution in [0.5, 0.6) is 5.75 Å². The van der Waals surface area contributed by atoms with E-state index in [2.05, 4.69) is 0 Å². The Balaban J connectivity index is 1.85. The van der Waals surface area contributed by atoms with E-state index in [1.165, 1.54) is 4.90 Å². The molecule has 0 unspecified atom stereocenters. The molecular formula is C18H23NOS. The zero-order valence-electron chi connectivity index (χ0n) is 16.9. The first-order valence-corrected chi connectivity index (χ1v) is 8.17.